The van der Waals surface area contributed by atoms with Crippen LogP contribution in [-0.4, -0.2) is 33.9 Å². The van der Waals surface area contributed by atoms with Crippen LogP contribution in [0.15, 0.2) is 84.6 Å². The van der Waals surface area contributed by atoms with Crippen molar-refractivity contribution in [1.29, 1.82) is 0 Å². The fourth-order valence-corrected chi connectivity index (χ4v) is 5.00. The van der Waals surface area contributed by atoms with Gasteiger partial charge in [0, 0.05) is 34.1 Å². The van der Waals surface area contributed by atoms with Crippen LogP contribution in [0.25, 0.3) is 11.0 Å². The SMILES string of the molecule is O=C(c1cnc2ccccc2n1)N1CCC(Cc2ccc(Cl)cc2Cl)=CC(c2ccc(Cl)cc2)C1. The van der Waals surface area contributed by atoms with Crippen molar-refractivity contribution >= 4 is 51.7 Å². The standard InChI is InChI=1S/C28H22Cl3N3O/c29-22-8-5-19(6-9-22)21-14-18(13-20-7-10-23(30)15-24(20)31)11-12-34(17-21)28(35)27-16-32-25-3-1-2-4-26(25)33-27/h1-10,14-16,21H,11-13,17H2. The number of hydrogen-bond acceptors (Lipinski definition) is 3. The molecule has 35 heavy (non-hydrogen) atoms. The average molecular weight is 523 g/mol. The van der Waals surface area contributed by atoms with Gasteiger partial charge in [-0.1, -0.05) is 76.8 Å². The minimum absolute atomic E-state index is 0.00760. The summed E-state index contributed by atoms with van der Waals surface area (Å²) in [5.41, 5.74) is 5.15. The Morgan fingerprint density at radius 2 is 1.69 bits per heavy atom. The molecular formula is C28H22Cl3N3O. The third-order valence-corrected chi connectivity index (χ3v) is 7.08. The predicted octanol–water partition coefficient (Wildman–Crippen LogP) is 7.39. The van der Waals surface area contributed by atoms with Crippen molar-refractivity contribution in [2.75, 3.05) is 13.1 Å². The Morgan fingerprint density at radius 3 is 2.46 bits per heavy atom. The second-order valence-electron chi connectivity index (χ2n) is 8.64. The lowest BCUT2D eigenvalue weighted by Gasteiger charge is -2.24. The number of amides is 1. The number of fused-ring (bicyclic) bond motifs is 1. The first-order valence-corrected chi connectivity index (χ1v) is 12.5. The van der Waals surface area contributed by atoms with E-state index in [1.54, 1.807) is 12.3 Å². The van der Waals surface area contributed by atoms with Crippen LogP contribution in [0, 0.1) is 0 Å². The fraction of sp³-hybridized carbons (Fsp3) is 0.179. The molecule has 7 heteroatoms. The second kappa shape index (κ2) is 10.4. The van der Waals surface area contributed by atoms with E-state index >= 15 is 0 Å². The maximum Gasteiger partial charge on any atom is 0.274 e. The van der Waals surface area contributed by atoms with Crippen molar-refractivity contribution in [3.05, 3.63) is 116 Å². The zero-order valence-corrected chi connectivity index (χ0v) is 21.1. The summed E-state index contributed by atoms with van der Waals surface area (Å²) in [5.74, 6) is -0.116. The molecule has 4 nitrogen and oxygen atoms in total. The lowest BCUT2D eigenvalue weighted by atomic mass is 9.94. The van der Waals surface area contributed by atoms with Crippen LogP contribution >= 0.6 is 34.8 Å². The Balaban J connectivity index is 1.45. The number of benzene rings is 3. The normalized spacial score (nSPS) is 16.1. The highest BCUT2D eigenvalue weighted by molar-refractivity contribution is 6.35. The molecule has 1 unspecified atom stereocenters. The van der Waals surface area contributed by atoms with Crippen molar-refractivity contribution in [2.45, 2.75) is 18.8 Å². The third-order valence-electron chi connectivity index (χ3n) is 6.24. The molecule has 1 aliphatic rings. The first kappa shape index (κ1) is 23.8. The lowest BCUT2D eigenvalue weighted by molar-refractivity contribution is 0.0751. The van der Waals surface area contributed by atoms with Gasteiger partial charge in [0.1, 0.15) is 5.69 Å². The summed E-state index contributed by atoms with van der Waals surface area (Å²) in [7, 11) is 0. The summed E-state index contributed by atoms with van der Waals surface area (Å²) in [6.07, 6.45) is 5.25. The van der Waals surface area contributed by atoms with E-state index < -0.39 is 0 Å². The largest absolute Gasteiger partial charge is 0.336 e. The van der Waals surface area contributed by atoms with Gasteiger partial charge in [-0.3, -0.25) is 9.78 Å². The molecular weight excluding hydrogens is 501 g/mol. The Bertz CT molecular complexity index is 1420. The van der Waals surface area contributed by atoms with Crippen LogP contribution in [0.5, 0.6) is 0 Å². The molecule has 0 saturated carbocycles. The van der Waals surface area contributed by atoms with Gasteiger partial charge in [0.05, 0.1) is 17.2 Å². The number of nitrogens with zero attached hydrogens (tertiary/aromatic N) is 3. The molecule has 0 N–H and O–H groups in total. The minimum atomic E-state index is -0.124. The number of rotatable bonds is 4. The van der Waals surface area contributed by atoms with Gasteiger partial charge in [0.15, 0.2) is 0 Å². The summed E-state index contributed by atoms with van der Waals surface area (Å²) in [4.78, 5) is 24.4. The first-order valence-electron chi connectivity index (χ1n) is 11.4. The maximum atomic E-state index is 13.5. The van der Waals surface area contributed by atoms with Crippen LogP contribution < -0.4 is 0 Å². The van der Waals surface area contributed by atoms with Gasteiger partial charge in [-0.15, -0.1) is 0 Å². The van der Waals surface area contributed by atoms with Crippen molar-refractivity contribution in [2.24, 2.45) is 0 Å². The van der Waals surface area contributed by atoms with Gasteiger partial charge in [0.2, 0.25) is 0 Å². The number of carbonyl (C=O) groups is 1. The van der Waals surface area contributed by atoms with E-state index in [1.807, 2.05) is 65.6 Å². The lowest BCUT2D eigenvalue weighted by Crippen LogP contribution is -2.35. The third kappa shape index (κ3) is 5.51. The molecule has 0 saturated heterocycles. The van der Waals surface area contributed by atoms with Crippen molar-refractivity contribution < 1.29 is 4.79 Å². The molecule has 0 fully saturated rings. The van der Waals surface area contributed by atoms with E-state index in [1.165, 1.54) is 5.57 Å². The molecule has 0 spiro atoms. The summed E-state index contributed by atoms with van der Waals surface area (Å²) >= 11 is 18.7. The maximum absolute atomic E-state index is 13.5. The van der Waals surface area contributed by atoms with Gasteiger partial charge in [0.25, 0.3) is 5.91 Å². The van der Waals surface area contributed by atoms with Crippen molar-refractivity contribution in [3.63, 3.8) is 0 Å². The van der Waals surface area contributed by atoms with E-state index in [9.17, 15) is 4.79 Å². The quantitative estimate of drug-likeness (QED) is 0.263. The molecule has 3 aromatic carbocycles. The number of aromatic nitrogens is 2. The Kier molecular flexibility index (Phi) is 7.05. The second-order valence-corrected chi connectivity index (χ2v) is 9.92. The van der Waals surface area contributed by atoms with Crippen LogP contribution in [0.2, 0.25) is 15.1 Å². The van der Waals surface area contributed by atoms with Crippen LogP contribution in [0.3, 0.4) is 0 Å². The number of carbonyl (C=O) groups excluding carboxylic acids is 1. The Labute approximate surface area is 219 Å². The Hall–Kier alpha value is -2.92. The molecule has 1 atom stereocenters. The highest BCUT2D eigenvalue weighted by Gasteiger charge is 2.25. The van der Waals surface area contributed by atoms with E-state index in [-0.39, 0.29) is 11.8 Å². The van der Waals surface area contributed by atoms with Crippen LogP contribution in [0.4, 0.5) is 0 Å². The van der Waals surface area contributed by atoms with Crippen LogP contribution in [-0.2, 0) is 6.42 Å². The van der Waals surface area contributed by atoms with Gasteiger partial charge in [-0.2, -0.15) is 0 Å². The van der Waals surface area contributed by atoms with Crippen molar-refractivity contribution in [1.82, 2.24) is 14.9 Å². The first-order chi connectivity index (χ1) is 17.0. The highest BCUT2D eigenvalue weighted by atomic mass is 35.5. The zero-order chi connectivity index (χ0) is 24.4. The summed E-state index contributed by atoms with van der Waals surface area (Å²) in [6.45, 7) is 1.11. The molecule has 4 aromatic rings. The van der Waals surface area contributed by atoms with E-state index in [2.05, 4.69) is 16.0 Å². The molecule has 1 aliphatic heterocycles. The van der Waals surface area contributed by atoms with Gasteiger partial charge >= 0.3 is 0 Å². The number of halogens is 3. The van der Waals surface area contributed by atoms with E-state index in [0.717, 1.165) is 23.1 Å². The molecule has 5 rings (SSSR count). The minimum Gasteiger partial charge on any atom is -0.336 e. The van der Waals surface area contributed by atoms with Gasteiger partial charge in [-0.05, 0) is 60.4 Å². The summed E-state index contributed by atoms with van der Waals surface area (Å²) in [6, 6.07) is 20.9. The molecule has 176 valence electrons. The average Bonchev–Trinajstić information content (AvgIpc) is 3.08. The van der Waals surface area contributed by atoms with E-state index in [0.29, 0.717) is 45.8 Å². The predicted molar refractivity (Wildman–Crippen MR) is 143 cm³/mol. The Morgan fingerprint density at radius 1 is 0.943 bits per heavy atom. The van der Waals surface area contributed by atoms with Crippen molar-refractivity contribution in [3.8, 4) is 0 Å². The summed E-state index contributed by atoms with van der Waals surface area (Å²) < 4.78 is 0. The van der Waals surface area contributed by atoms with Crippen LogP contribution in [0.1, 0.15) is 34.0 Å². The molecule has 2 heterocycles. The summed E-state index contributed by atoms with van der Waals surface area (Å²) in [5, 5.41) is 1.94. The highest BCUT2D eigenvalue weighted by Crippen LogP contribution is 2.30. The molecule has 1 aromatic heterocycles. The number of hydrogen-bond donors (Lipinski definition) is 0. The smallest absolute Gasteiger partial charge is 0.274 e. The monoisotopic (exact) mass is 521 g/mol. The molecule has 0 bridgehead atoms. The van der Waals surface area contributed by atoms with Gasteiger partial charge in [-0.25, -0.2) is 4.98 Å². The zero-order valence-electron chi connectivity index (χ0n) is 18.8. The number of para-hydroxylation sites is 2. The van der Waals surface area contributed by atoms with Gasteiger partial charge < -0.3 is 4.90 Å². The topological polar surface area (TPSA) is 46.1 Å². The molecule has 0 aliphatic carbocycles. The molecule has 1 amide bonds. The fourth-order valence-electron chi connectivity index (χ4n) is 4.40. The van der Waals surface area contributed by atoms with E-state index in [4.69, 9.17) is 34.8 Å². The molecule has 0 radical (unpaired) electrons.